The van der Waals surface area contributed by atoms with Crippen molar-refractivity contribution in [3.05, 3.63) is 108 Å². The van der Waals surface area contributed by atoms with E-state index in [4.69, 9.17) is 0 Å². The number of rotatable bonds is 4. The molecule has 1 nitrogen and oxygen atoms in total. The van der Waals surface area contributed by atoms with Gasteiger partial charge in [-0.25, -0.2) is 0 Å². The van der Waals surface area contributed by atoms with Crippen molar-refractivity contribution in [2.75, 3.05) is 0 Å². The van der Waals surface area contributed by atoms with E-state index >= 15 is 0 Å². The van der Waals surface area contributed by atoms with Gasteiger partial charge < -0.3 is 0 Å². The van der Waals surface area contributed by atoms with Crippen molar-refractivity contribution in [2.45, 2.75) is 46.5 Å². The second-order valence-electron chi connectivity index (χ2n) is 6.55. The fourth-order valence-corrected chi connectivity index (χ4v) is 2.38. The molecule has 0 aromatic heterocycles. The van der Waals surface area contributed by atoms with E-state index in [1.165, 1.54) is 11.1 Å². The molecule has 0 unspecified atom stereocenters. The number of aryl methyl sites for hydroxylation is 1. The van der Waals surface area contributed by atoms with Crippen molar-refractivity contribution in [1.29, 1.82) is 0 Å². The van der Waals surface area contributed by atoms with E-state index in [-0.39, 0.29) is 5.78 Å². The topological polar surface area (TPSA) is 17.1 Å². The molecule has 0 saturated carbocycles. The van der Waals surface area contributed by atoms with Gasteiger partial charge in [-0.05, 0) is 23.5 Å². The molecule has 0 N–H and O–H groups in total. The second kappa shape index (κ2) is 13.5. The Morgan fingerprint density at radius 2 is 1.15 bits per heavy atom. The molecule has 1 heteroatoms. The van der Waals surface area contributed by atoms with Gasteiger partial charge in [-0.2, -0.15) is 0 Å². The first-order valence-corrected chi connectivity index (χ1v) is 9.75. The Bertz CT molecular complexity index is 731. The Balaban J connectivity index is 0.000000204. The van der Waals surface area contributed by atoms with E-state index in [0.29, 0.717) is 12.3 Å². The average Bonchev–Trinajstić information content (AvgIpc) is 2.76. The highest BCUT2D eigenvalue weighted by atomic mass is 16.1. The molecule has 0 aliphatic rings. The number of benzene rings is 3. The van der Waals surface area contributed by atoms with Crippen LogP contribution in [0.1, 0.15) is 61.5 Å². The summed E-state index contributed by atoms with van der Waals surface area (Å²) in [6.45, 7) is 8.44. The number of hydrogen-bond donors (Lipinski definition) is 0. The maximum absolute atomic E-state index is 11.0. The normalized spacial score (nSPS) is 9.52. The Kier molecular flexibility index (Phi) is 11.2. The monoisotopic (exact) mass is 360 g/mol. The predicted octanol–water partition coefficient (Wildman–Crippen LogP) is 7.34. The molecule has 0 heterocycles. The summed E-state index contributed by atoms with van der Waals surface area (Å²) >= 11 is 0. The Morgan fingerprint density at radius 3 is 1.48 bits per heavy atom. The smallest absolute Gasteiger partial charge is 0.162 e. The Morgan fingerprint density at radius 1 is 0.704 bits per heavy atom. The van der Waals surface area contributed by atoms with Crippen molar-refractivity contribution in [2.24, 2.45) is 0 Å². The lowest BCUT2D eigenvalue weighted by atomic mass is 10.0. The lowest BCUT2D eigenvalue weighted by Crippen LogP contribution is -1.94. The standard InChI is InChI=1S/C9H10O.C9H12.C8H10/c1-2-9(10)8-6-4-3-5-7-8;1-8(2)9-6-4-3-5-7-9;1-2-8-6-4-3-5-7-8/h3-7H,2H2,1H3;3-8H,1-2H3;3-7H,2H2,1H3. The van der Waals surface area contributed by atoms with Gasteiger partial charge in [0, 0.05) is 12.0 Å². The SMILES string of the molecule is CC(C)c1ccccc1.CCC(=O)c1ccccc1.CCc1ccccc1. The molecule has 3 rings (SSSR count). The summed E-state index contributed by atoms with van der Waals surface area (Å²) in [5.74, 6) is 0.867. The van der Waals surface area contributed by atoms with E-state index in [2.05, 4.69) is 69.3 Å². The van der Waals surface area contributed by atoms with Gasteiger partial charge in [-0.1, -0.05) is 119 Å². The molecule has 0 aliphatic carbocycles. The number of hydrogen-bond acceptors (Lipinski definition) is 1. The van der Waals surface area contributed by atoms with Crippen molar-refractivity contribution < 1.29 is 4.79 Å². The van der Waals surface area contributed by atoms with Crippen LogP contribution in [-0.2, 0) is 6.42 Å². The zero-order valence-electron chi connectivity index (χ0n) is 17.1. The largest absolute Gasteiger partial charge is 0.294 e. The third-order valence-electron chi connectivity index (χ3n) is 4.13. The average molecular weight is 361 g/mol. The van der Waals surface area contributed by atoms with Crippen LogP contribution in [0.15, 0.2) is 91.0 Å². The van der Waals surface area contributed by atoms with Gasteiger partial charge in [0.15, 0.2) is 5.78 Å². The van der Waals surface area contributed by atoms with Crippen LogP contribution >= 0.6 is 0 Å². The number of carbonyl (C=O) groups is 1. The minimum absolute atomic E-state index is 0.209. The van der Waals surface area contributed by atoms with Crippen LogP contribution in [0, 0.1) is 0 Å². The van der Waals surface area contributed by atoms with Crippen LogP contribution in [0.2, 0.25) is 0 Å². The maximum Gasteiger partial charge on any atom is 0.162 e. The molecule has 3 aromatic rings. The lowest BCUT2D eigenvalue weighted by molar-refractivity contribution is 0.0988. The highest BCUT2D eigenvalue weighted by molar-refractivity contribution is 5.95. The molecule has 0 bridgehead atoms. The molecule has 0 fully saturated rings. The summed E-state index contributed by atoms with van der Waals surface area (Å²) in [5.41, 5.74) is 3.63. The Labute approximate surface area is 165 Å². The molecular formula is C26H32O. The van der Waals surface area contributed by atoms with Crippen LogP contribution in [0.4, 0.5) is 0 Å². The van der Waals surface area contributed by atoms with Crippen LogP contribution in [-0.4, -0.2) is 5.78 Å². The molecular weight excluding hydrogens is 328 g/mol. The van der Waals surface area contributed by atoms with Crippen LogP contribution in [0.5, 0.6) is 0 Å². The van der Waals surface area contributed by atoms with Crippen molar-refractivity contribution in [1.82, 2.24) is 0 Å². The van der Waals surface area contributed by atoms with Crippen LogP contribution in [0.25, 0.3) is 0 Å². The zero-order valence-corrected chi connectivity index (χ0v) is 17.1. The van der Waals surface area contributed by atoms with E-state index in [0.717, 1.165) is 12.0 Å². The summed E-state index contributed by atoms with van der Waals surface area (Å²) in [6, 6.07) is 30.3. The fourth-order valence-electron chi connectivity index (χ4n) is 2.38. The maximum atomic E-state index is 11.0. The van der Waals surface area contributed by atoms with Gasteiger partial charge in [0.25, 0.3) is 0 Å². The predicted molar refractivity (Wildman–Crippen MR) is 117 cm³/mol. The molecule has 0 aliphatic heterocycles. The quantitative estimate of drug-likeness (QED) is 0.445. The molecule has 0 radical (unpaired) electrons. The van der Waals surface area contributed by atoms with Crippen LogP contribution < -0.4 is 0 Å². The highest BCUT2D eigenvalue weighted by Gasteiger charge is 1.98. The first kappa shape index (κ1) is 22.4. The van der Waals surface area contributed by atoms with Gasteiger partial charge in [0.2, 0.25) is 0 Å². The van der Waals surface area contributed by atoms with Gasteiger partial charge in [-0.3, -0.25) is 4.79 Å². The summed E-state index contributed by atoms with van der Waals surface area (Å²) in [4.78, 5) is 11.0. The van der Waals surface area contributed by atoms with Crippen molar-refractivity contribution >= 4 is 5.78 Å². The molecule has 0 saturated heterocycles. The van der Waals surface area contributed by atoms with E-state index < -0.39 is 0 Å². The first-order chi connectivity index (χ1) is 13.1. The molecule has 3 aromatic carbocycles. The number of ketones is 1. The Hall–Kier alpha value is -2.67. The summed E-state index contributed by atoms with van der Waals surface area (Å²) in [6.07, 6.45) is 1.73. The van der Waals surface area contributed by atoms with Crippen LogP contribution in [0.3, 0.4) is 0 Å². The lowest BCUT2D eigenvalue weighted by Gasteiger charge is -2.01. The minimum atomic E-state index is 0.209. The van der Waals surface area contributed by atoms with Gasteiger partial charge in [0.1, 0.15) is 0 Å². The molecule has 0 amide bonds. The molecule has 142 valence electrons. The van der Waals surface area contributed by atoms with Gasteiger partial charge in [-0.15, -0.1) is 0 Å². The van der Waals surface area contributed by atoms with Crippen molar-refractivity contribution in [3.63, 3.8) is 0 Å². The third-order valence-corrected chi connectivity index (χ3v) is 4.13. The van der Waals surface area contributed by atoms with E-state index in [1.54, 1.807) is 0 Å². The number of Topliss-reactive ketones (excluding diaryl/α,β-unsaturated/α-hetero) is 1. The van der Waals surface area contributed by atoms with E-state index in [9.17, 15) is 4.79 Å². The molecule has 0 atom stereocenters. The van der Waals surface area contributed by atoms with E-state index in [1.807, 2.05) is 49.4 Å². The third kappa shape index (κ3) is 9.55. The zero-order chi connectivity index (χ0) is 19.9. The first-order valence-electron chi connectivity index (χ1n) is 9.75. The minimum Gasteiger partial charge on any atom is -0.294 e. The summed E-state index contributed by atoms with van der Waals surface area (Å²) < 4.78 is 0. The molecule has 27 heavy (non-hydrogen) atoms. The number of carbonyl (C=O) groups excluding carboxylic acids is 1. The van der Waals surface area contributed by atoms with Gasteiger partial charge >= 0.3 is 0 Å². The van der Waals surface area contributed by atoms with Gasteiger partial charge in [0.05, 0.1) is 0 Å². The highest BCUT2D eigenvalue weighted by Crippen LogP contribution is 2.11. The van der Waals surface area contributed by atoms with Crippen molar-refractivity contribution in [3.8, 4) is 0 Å². The second-order valence-corrected chi connectivity index (χ2v) is 6.55. The summed E-state index contributed by atoms with van der Waals surface area (Å²) in [5, 5.41) is 0. The molecule has 0 spiro atoms. The fraction of sp³-hybridized carbons (Fsp3) is 0.269. The summed E-state index contributed by atoms with van der Waals surface area (Å²) in [7, 11) is 0.